The Hall–Kier alpha value is -3.10. The Kier molecular flexibility index (Phi) is 7.15. The maximum absolute atomic E-state index is 12.9. The molecule has 6 nitrogen and oxygen atoms in total. The van der Waals surface area contributed by atoms with Crippen LogP contribution in [0.3, 0.4) is 0 Å². The number of esters is 1. The minimum absolute atomic E-state index is 0.265. The highest BCUT2D eigenvalue weighted by atomic mass is 32.1. The normalized spacial score (nSPS) is 13.6. The molecule has 0 amide bonds. The van der Waals surface area contributed by atoms with Gasteiger partial charge in [0.05, 0.1) is 6.61 Å². The minimum atomic E-state index is -0.344. The van der Waals surface area contributed by atoms with Crippen molar-refractivity contribution in [2.24, 2.45) is 0 Å². The molecule has 3 aromatic rings. The largest absolute Gasteiger partial charge is 0.508 e. The maximum atomic E-state index is 12.9. The molecular weight excluding hydrogens is 454 g/mol. The molecule has 172 valence electrons. The van der Waals surface area contributed by atoms with Crippen LogP contribution in [-0.2, 0) is 4.74 Å². The molecule has 0 atom stereocenters. The smallest absolute Gasteiger partial charge is 0.341 e. The van der Waals surface area contributed by atoms with Gasteiger partial charge in [-0.05, 0) is 55.9 Å². The summed E-state index contributed by atoms with van der Waals surface area (Å²) >= 11 is 7.25. The minimum Gasteiger partial charge on any atom is -0.508 e. The van der Waals surface area contributed by atoms with Crippen molar-refractivity contribution in [3.05, 3.63) is 65.0 Å². The molecule has 1 aromatic heterocycles. The van der Waals surface area contributed by atoms with Crippen LogP contribution in [0.15, 0.2) is 54.6 Å². The van der Waals surface area contributed by atoms with Gasteiger partial charge in [0, 0.05) is 42.3 Å². The number of anilines is 2. The van der Waals surface area contributed by atoms with Crippen molar-refractivity contribution < 1.29 is 14.6 Å². The summed E-state index contributed by atoms with van der Waals surface area (Å²) in [4.78, 5) is 18.3. The Labute approximate surface area is 203 Å². The summed E-state index contributed by atoms with van der Waals surface area (Å²) in [5, 5.41) is 14.2. The summed E-state index contributed by atoms with van der Waals surface area (Å²) in [5.74, 6) is -0.0792. The van der Waals surface area contributed by atoms with Crippen LogP contribution in [0.1, 0.15) is 22.2 Å². The lowest BCUT2D eigenvalue weighted by Crippen LogP contribution is -2.50. The molecule has 1 fully saturated rings. The van der Waals surface area contributed by atoms with Crippen LogP contribution in [0, 0.1) is 6.92 Å². The number of phenols is 1. The molecule has 0 aliphatic carbocycles. The number of thiophene rings is 1. The van der Waals surface area contributed by atoms with Crippen molar-refractivity contribution in [3.63, 3.8) is 0 Å². The van der Waals surface area contributed by atoms with E-state index >= 15 is 0 Å². The molecule has 0 bridgehead atoms. The van der Waals surface area contributed by atoms with Gasteiger partial charge in [0.2, 0.25) is 0 Å². The molecule has 2 heterocycles. The molecule has 2 aromatic carbocycles. The first-order valence-corrected chi connectivity index (χ1v) is 12.2. The molecule has 33 heavy (non-hydrogen) atoms. The number of hydrogen-bond acceptors (Lipinski definition) is 6. The standard InChI is InChI=1S/C25H27N3O3S2/c1-3-31-24(30)22-21(18-7-5-4-6-8-18)17(2)33-23(22)26-25(32)28-15-13-27(14-16-28)19-9-11-20(29)12-10-19/h4-12,29H,3,13-16H2,1-2H3,(H,26,32). The van der Waals surface area contributed by atoms with E-state index in [4.69, 9.17) is 17.0 Å². The number of thiocarbonyl (C=S) groups is 1. The lowest BCUT2D eigenvalue weighted by Gasteiger charge is -2.37. The predicted molar refractivity (Wildman–Crippen MR) is 139 cm³/mol. The number of nitrogens with zero attached hydrogens (tertiary/aromatic N) is 2. The third-order valence-electron chi connectivity index (χ3n) is 5.63. The molecule has 1 saturated heterocycles. The third-order valence-corrected chi connectivity index (χ3v) is 7.01. The Morgan fingerprint density at radius 2 is 1.76 bits per heavy atom. The van der Waals surface area contributed by atoms with Crippen LogP contribution in [0.25, 0.3) is 11.1 Å². The molecule has 8 heteroatoms. The summed E-state index contributed by atoms with van der Waals surface area (Å²) in [6, 6.07) is 17.1. The number of ether oxygens (including phenoxy) is 1. The topological polar surface area (TPSA) is 65.0 Å². The quantitative estimate of drug-likeness (QED) is 0.387. The first-order chi connectivity index (χ1) is 16.0. The average molecular weight is 482 g/mol. The van der Waals surface area contributed by atoms with Crippen LogP contribution in [0.2, 0.25) is 0 Å². The summed E-state index contributed by atoms with van der Waals surface area (Å²) in [7, 11) is 0. The highest BCUT2D eigenvalue weighted by Crippen LogP contribution is 2.40. The number of aromatic hydroxyl groups is 1. The molecular formula is C25H27N3O3S2. The fourth-order valence-corrected chi connectivity index (χ4v) is 5.40. The molecule has 0 unspecified atom stereocenters. The van der Waals surface area contributed by atoms with E-state index in [0.29, 0.717) is 17.3 Å². The van der Waals surface area contributed by atoms with Crippen LogP contribution in [-0.4, -0.2) is 53.9 Å². The third kappa shape index (κ3) is 5.12. The van der Waals surface area contributed by atoms with Gasteiger partial charge in [-0.1, -0.05) is 30.3 Å². The molecule has 0 saturated carbocycles. The predicted octanol–water partition coefficient (Wildman–Crippen LogP) is 5.12. The maximum Gasteiger partial charge on any atom is 0.341 e. The zero-order valence-electron chi connectivity index (χ0n) is 18.7. The Balaban J connectivity index is 1.51. The van der Waals surface area contributed by atoms with Gasteiger partial charge in [0.25, 0.3) is 0 Å². The zero-order chi connectivity index (χ0) is 23.4. The SMILES string of the molecule is CCOC(=O)c1c(NC(=S)N2CCN(c3ccc(O)cc3)CC2)sc(C)c1-c1ccccc1. The van der Waals surface area contributed by atoms with Crippen molar-refractivity contribution in [2.75, 3.05) is 43.0 Å². The van der Waals surface area contributed by atoms with Crippen LogP contribution in [0.5, 0.6) is 5.75 Å². The lowest BCUT2D eigenvalue weighted by molar-refractivity contribution is 0.0529. The Morgan fingerprint density at radius 3 is 2.39 bits per heavy atom. The number of aryl methyl sites for hydroxylation is 1. The van der Waals surface area contributed by atoms with Gasteiger partial charge < -0.3 is 25.0 Å². The van der Waals surface area contributed by atoms with E-state index in [1.54, 1.807) is 12.1 Å². The second kappa shape index (κ2) is 10.2. The number of nitrogens with one attached hydrogen (secondary N) is 1. The number of carbonyl (C=O) groups is 1. The number of hydrogen-bond donors (Lipinski definition) is 2. The van der Waals surface area contributed by atoms with E-state index in [-0.39, 0.29) is 11.7 Å². The Bertz CT molecular complexity index is 1120. The average Bonchev–Trinajstić information content (AvgIpc) is 3.16. The zero-order valence-corrected chi connectivity index (χ0v) is 20.3. The van der Waals surface area contributed by atoms with Gasteiger partial charge in [0.1, 0.15) is 16.3 Å². The highest BCUT2D eigenvalue weighted by molar-refractivity contribution is 7.80. The summed E-state index contributed by atoms with van der Waals surface area (Å²) < 4.78 is 5.39. The van der Waals surface area contributed by atoms with Crippen molar-refractivity contribution in [2.45, 2.75) is 13.8 Å². The molecule has 1 aliphatic heterocycles. The van der Waals surface area contributed by atoms with E-state index in [0.717, 1.165) is 52.9 Å². The van der Waals surface area contributed by atoms with Crippen LogP contribution in [0.4, 0.5) is 10.7 Å². The monoisotopic (exact) mass is 481 g/mol. The number of phenolic OH excluding ortho intramolecular Hbond substituents is 1. The first-order valence-electron chi connectivity index (χ1n) is 10.9. The number of rotatable bonds is 5. The van der Waals surface area contributed by atoms with E-state index in [1.165, 1.54) is 11.3 Å². The number of piperazine rings is 1. The van der Waals surface area contributed by atoms with Gasteiger partial charge in [-0.3, -0.25) is 0 Å². The number of carbonyl (C=O) groups excluding carboxylic acids is 1. The van der Waals surface area contributed by atoms with Gasteiger partial charge in [-0.2, -0.15) is 0 Å². The van der Waals surface area contributed by atoms with Crippen molar-refractivity contribution in [3.8, 4) is 16.9 Å². The second-order valence-corrected chi connectivity index (χ2v) is 9.36. The molecule has 2 N–H and O–H groups in total. The van der Waals surface area contributed by atoms with Gasteiger partial charge in [0.15, 0.2) is 5.11 Å². The van der Waals surface area contributed by atoms with Crippen molar-refractivity contribution in [1.29, 1.82) is 0 Å². The first kappa shape index (κ1) is 23.1. The second-order valence-electron chi connectivity index (χ2n) is 7.74. The fourth-order valence-electron chi connectivity index (χ4n) is 3.99. The van der Waals surface area contributed by atoms with Gasteiger partial charge in [-0.25, -0.2) is 4.79 Å². The van der Waals surface area contributed by atoms with Gasteiger partial charge in [-0.15, -0.1) is 11.3 Å². The van der Waals surface area contributed by atoms with Crippen molar-refractivity contribution in [1.82, 2.24) is 4.90 Å². The van der Waals surface area contributed by atoms with E-state index in [9.17, 15) is 9.90 Å². The molecule has 4 rings (SSSR count). The van der Waals surface area contributed by atoms with Crippen LogP contribution < -0.4 is 10.2 Å². The fraction of sp³-hybridized carbons (Fsp3) is 0.280. The lowest BCUT2D eigenvalue weighted by atomic mass is 10.0. The summed E-state index contributed by atoms with van der Waals surface area (Å²) in [6.45, 7) is 7.29. The van der Waals surface area contributed by atoms with Crippen molar-refractivity contribution >= 4 is 45.3 Å². The summed E-state index contributed by atoms with van der Waals surface area (Å²) in [5.41, 5.74) is 3.49. The Morgan fingerprint density at radius 1 is 1.09 bits per heavy atom. The van der Waals surface area contributed by atoms with Crippen LogP contribution >= 0.6 is 23.6 Å². The highest BCUT2D eigenvalue weighted by Gasteiger charge is 2.26. The molecule has 0 radical (unpaired) electrons. The molecule has 0 spiro atoms. The van der Waals surface area contributed by atoms with E-state index in [2.05, 4.69) is 15.1 Å². The molecule has 1 aliphatic rings. The van der Waals surface area contributed by atoms with E-state index in [1.807, 2.05) is 56.3 Å². The summed E-state index contributed by atoms with van der Waals surface area (Å²) in [6.07, 6.45) is 0. The van der Waals surface area contributed by atoms with E-state index < -0.39 is 0 Å². The number of benzene rings is 2. The van der Waals surface area contributed by atoms with Gasteiger partial charge >= 0.3 is 5.97 Å².